The minimum atomic E-state index is 0.0888. The number of thiocarbonyl (C=S) groups is 1. The van der Waals surface area contributed by atoms with Crippen molar-refractivity contribution in [2.75, 3.05) is 10.7 Å². The van der Waals surface area contributed by atoms with Crippen molar-refractivity contribution in [3.8, 4) is 0 Å². The Morgan fingerprint density at radius 2 is 2.20 bits per heavy atom. The van der Waals surface area contributed by atoms with Gasteiger partial charge in [0.1, 0.15) is 4.32 Å². The van der Waals surface area contributed by atoms with E-state index in [9.17, 15) is 4.79 Å². The van der Waals surface area contributed by atoms with E-state index in [-0.39, 0.29) is 5.91 Å². The summed E-state index contributed by atoms with van der Waals surface area (Å²) in [6.07, 6.45) is 0.910. The summed E-state index contributed by atoms with van der Waals surface area (Å²) in [5.74, 6) is 0.558. The van der Waals surface area contributed by atoms with Crippen molar-refractivity contribution in [2.45, 2.75) is 13.3 Å². The van der Waals surface area contributed by atoms with E-state index >= 15 is 0 Å². The molecule has 0 unspecified atom stereocenters. The molecule has 1 aliphatic heterocycles. The molecule has 1 saturated heterocycles. The van der Waals surface area contributed by atoms with Crippen molar-refractivity contribution in [1.82, 2.24) is 0 Å². The number of nitrogens with zero attached hydrogens (tertiary/aromatic N) is 1. The quantitative estimate of drug-likeness (QED) is 0.737. The molecular weight excluding hydrogens is 226 g/mol. The van der Waals surface area contributed by atoms with Gasteiger partial charge in [-0.05, 0) is 18.1 Å². The Hall–Kier alpha value is -0.870. The van der Waals surface area contributed by atoms with Crippen LogP contribution in [0.15, 0.2) is 24.3 Å². The van der Waals surface area contributed by atoms with E-state index in [0.29, 0.717) is 10.1 Å². The maximum absolute atomic E-state index is 11.7. The van der Waals surface area contributed by atoms with Gasteiger partial charge >= 0.3 is 0 Å². The Labute approximate surface area is 98.7 Å². The van der Waals surface area contributed by atoms with Crippen LogP contribution in [0.3, 0.4) is 0 Å². The first-order chi connectivity index (χ1) is 7.24. The minimum absolute atomic E-state index is 0.0888. The van der Waals surface area contributed by atoms with Crippen LogP contribution in [-0.2, 0) is 11.2 Å². The van der Waals surface area contributed by atoms with E-state index in [1.807, 2.05) is 24.3 Å². The van der Waals surface area contributed by atoms with Crippen molar-refractivity contribution >= 4 is 39.9 Å². The Balaban J connectivity index is 2.44. The molecule has 0 N–H and O–H groups in total. The molecule has 0 saturated carbocycles. The highest BCUT2D eigenvalue weighted by Gasteiger charge is 2.28. The molecular formula is C11H11NOS2. The molecule has 15 heavy (non-hydrogen) atoms. The third-order valence-corrected chi connectivity index (χ3v) is 3.72. The second-order valence-electron chi connectivity index (χ2n) is 3.27. The van der Waals surface area contributed by atoms with Gasteiger partial charge in [0.2, 0.25) is 5.91 Å². The van der Waals surface area contributed by atoms with E-state index in [1.54, 1.807) is 4.90 Å². The third kappa shape index (κ3) is 1.92. The van der Waals surface area contributed by atoms with Gasteiger partial charge in [-0.25, -0.2) is 0 Å². The second-order valence-corrected chi connectivity index (χ2v) is 4.88. The van der Waals surface area contributed by atoms with Gasteiger partial charge in [-0.15, -0.1) is 0 Å². The van der Waals surface area contributed by atoms with Crippen molar-refractivity contribution < 1.29 is 4.79 Å². The van der Waals surface area contributed by atoms with Gasteiger partial charge in [0, 0.05) is 0 Å². The van der Waals surface area contributed by atoms with E-state index in [4.69, 9.17) is 12.2 Å². The van der Waals surface area contributed by atoms with E-state index in [1.165, 1.54) is 11.8 Å². The molecule has 0 spiro atoms. The largest absolute Gasteiger partial charge is 0.273 e. The van der Waals surface area contributed by atoms with Crippen LogP contribution >= 0.6 is 24.0 Å². The number of carbonyl (C=O) groups excluding carboxylic acids is 1. The van der Waals surface area contributed by atoms with Crippen LogP contribution in [0.25, 0.3) is 0 Å². The maximum Gasteiger partial charge on any atom is 0.243 e. The Bertz CT molecular complexity index is 401. The van der Waals surface area contributed by atoms with Gasteiger partial charge in [0.25, 0.3) is 0 Å². The number of amides is 1. The fraction of sp³-hybridized carbons (Fsp3) is 0.273. The molecule has 1 fully saturated rings. The number of hydrogen-bond donors (Lipinski definition) is 0. The van der Waals surface area contributed by atoms with Crippen LogP contribution < -0.4 is 4.90 Å². The lowest BCUT2D eigenvalue weighted by Gasteiger charge is -2.18. The predicted octanol–water partition coefficient (Wildman–Crippen LogP) is 2.61. The van der Waals surface area contributed by atoms with Crippen molar-refractivity contribution in [3.63, 3.8) is 0 Å². The molecule has 0 aromatic heterocycles. The summed E-state index contributed by atoms with van der Waals surface area (Å²) in [7, 11) is 0. The monoisotopic (exact) mass is 237 g/mol. The first-order valence-corrected chi connectivity index (χ1v) is 6.21. The molecule has 78 valence electrons. The van der Waals surface area contributed by atoms with Crippen LogP contribution in [0.1, 0.15) is 12.5 Å². The molecule has 0 aliphatic carbocycles. The van der Waals surface area contributed by atoms with E-state index < -0.39 is 0 Å². The average Bonchev–Trinajstić information content (AvgIpc) is 2.59. The Kier molecular flexibility index (Phi) is 3.07. The molecule has 4 heteroatoms. The zero-order chi connectivity index (χ0) is 10.8. The summed E-state index contributed by atoms with van der Waals surface area (Å²) in [5, 5.41) is 0. The molecule has 2 rings (SSSR count). The van der Waals surface area contributed by atoms with E-state index in [0.717, 1.165) is 17.7 Å². The molecule has 1 aromatic carbocycles. The third-order valence-electron chi connectivity index (χ3n) is 2.36. The lowest BCUT2D eigenvalue weighted by atomic mass is 10.1. The number of para-hydroxylation sites is 1. The molecule has 0 atom stereocenters. The average molecular weight is 237 g/mol. The van der Waals surface area contributed by atoms with Gasteiger partial charge in [-0.1, -0.05) is 49.1 Å². The number of benzene rings is 1. The Morgan fingerprint density at radius 3 is 2.80 bits per heavy atom. The van der Waals surface area contributed by atoms with Crippen molar-refractivity contribution in [3.05, 3.63) is 29.8 Å². The summed E-state index contributed by atoms with van der Waals surface area (Å²) in [4.78, 5) is 13.3. The Morgan fingerprint density at radius 1 is 1.47 bits per heavy atom. The second kappa shape index (κ2) is 4.33. The van der Waals surface area contributed by atoms with Crippen LogP contribution in [0, 0.1) is 0 Å². The standard InChI is InChI=1S/C11H11NOS2/c1-2-8-5-3-4-6-9(8)12-10(13)7-15-11(12)14/h3-6H,2,7H2,1H3. The highest BCUT2D eigenvalue weighted by atomic mass is 32.2. The lowest BCUT2D eigenvalue weighted by molar-refractivity contribution is -0.115. The smallest absolute Gasteiger partial charge is 0.243 e. The fourth-order valence-corrected chi connectivity index (χ4v) is 2.70. The summed E-state index contributed by atoms with van der Waals surface area (Å²) in [6.45, 7) is 2.08. The predicted molar refractivity (Wildman–Crippen MR) is 68.4 cm³/mol. The molecule has 1 aromatic rings. The topological polar surface area (TPSA) is 20.3 Å². The lowest BCUT2D eigenvalue weighted by Crippen LogP contribution is -2.28. The minimum Gasteiger partial charge on any atom is -0.273 e. The first kappa shape index (κ1) is 10.6. The van der Waals surface area contributed by atoms with Gasteiger partial charge < -0.3 is 0 Å². The van der Waals surface area contributed by atoms with Gasteiger partial charge in [-0.3, -0.25) is 9.69 Å². The fourth-order valence-electron chi connectivity index (χ4n) is 1.62. The van der Waals surface area contributed by atoms with E-state index in [2.05, 4.69) is 6.92 Å². The van der Waals surface area contributed by atoms with Crippen LogP contribution in [0.5, 0.6) is 0 Å². The van der Waals surface area contributed by atoms with Crippen LogP contribution in [0.2, 0.25) is 0 Å². The zero-order valence-corrected chi connectivity index (χ0v) is 10.0. The summed E-state index contributed by atoms with van der Waals surface area (Å²) in [5.41, 5.74) is 2.11. The highest BCUT2D eigenvalue weighted by molar-refractivity contribution is 8.24. The number of carbonyl (C=O) groups is 1. The summed E-state index contributed by atoms with van der Waals surface area (Å²) >= 11 is 6.61. The number of aryl methyl sites for hydroxylation is 1. The summed E-state index contributed by atoms with van der Waals surface area (Å²) in [6, 6.07) is 7.91. The van der Waals surface area contributed by atoms with Crippen molar-refractivity contribution in [2.24, 2.45) is 0 Å². The number of thioether (sulfide) groups is 1. The zero-order valence-electron chi connectivity index (χ0n) is 8.40. The molecule has 0 radical (unpaired) electrons. The summed E-state index contributed by atoms with van der Waals surface area (Å²) < 4.78 is 0.668. The first-order valence-electron chi connectivity index (χ1n) is 4.81. The van der Waals surface area contributed by atoms with Crippen LogP contribution in [0.4, 0.5) is 5.69 Å². The van der Waals surface area contributed by atoms with Crippen LogP contribution in [-0.4, -0.2) is 16.0 Å². The molecule has 0 bridgehead atoms. The molecule has 1 aliphatic rings. The maximum atomic E-state index is 11.7. The number of hydrogen-bond acceptors (Lipinski definition) is 3. The van der Waals surface area contributed by atoms with Crippen molar-refractivity contribution in [1.29, 1.82) is 0 Å². The van der Waals surface area contributed by atoms with Gasteiger partial charge in [0.05, 0.1) is 11.4 Å². The molecule has 1 amide bonds. The van der Waals surface area contributed by atoms with Gasteiger partial charge in [0.15, 0.2) is 0 Å². The number of rotatable bonds is 2. The number of anilines is 1. The molecule has 1 heterocycles. The SMILES string of the molecule is CCc1ccccc1N1C(=O)CSC1=S. The normalized spacial score (nSPS) is 16.2. The highest BCUT2D eigenvalue weighted by Crippen LogP contribution is 2.29. The van der Waals surface area contributed by atoms with Gasteiger partial charge in [-0.2, -0.15) is 0 Å². The molecule has 2 nitrogen and oxygen atoms in total.